The van der Waals surface area contributed by atoms with Crippen LogP contribution in [-0.2, 0) is 9.53 Å². The first kappa shape index (κ1) is 16.7. The number of nitrogens with one attached hydrogen (secondary N) is 1. The Morgan fingerprint density at radius 3 is 2.39 bits per heavy atom. The molecule has 6 nitrogen and oxygen atoms in total. The van der Waals surface area contributed by atoms with Gasteiger partial charge in [-0.1, -0.05) is 6.92 Å². The Morgan fingerprint density at radius 2 is 1.94 bits per heavy atom. The van der Waals surface area contributed by atoms with Crippen molar-refractivity contribution in [3.8, 4) is 0 Å². The Morgan fingerprint density at radius 1 is 1.33 bits per heavy atom. The lowest BCUT2D eigenvalue weighted by molar-refractivity contribution is -0.138. The Balaban J connectivity index is 4.41. The Kier molecular flexibility index (Phi) is 8.11. The third kappa shape index (κ3) is 6.44. The molecule has 0 fully saturated rings. The van der Waals surface area contributed by atoms with Crippen molar-refractivity contribution < 1.29 is 19.4 Å². The van der Waals surface area contributed by atoms with Gasteiger partial charge in [-0.3, -0.25) is 4.79 Å². The molecule has 2 N–H and O–H groups in total. The molecule has 0 aliphatic carbocycles. The number of nitrogens with zero attached hydrogens (tertiary/aromatic N) is 1. The van der Waals surface area contributed by atoms with Crippen LogP contribution in [-0.4, -0.2) is 53.8 Å². The molecule has 0 aromatic carbocycles. The molecule has 2 atom stereocenters. The second kappa shape index (κ2) is 8.74. The summed E-state index contributed by atoms with van der Waals surface area (Å²) in [6.07, 6.45) is 0.709. The molecule has 2 amide bonds. The van der Waals surface area contributed by atoms with Crippen LogP contribution in [0.2, 0.25) is 0 Å². The van der Waals surface area contributed by atoms with Crippen molar-refractivity contribution in [2.45, 2.75) is 46.2 Å². The van der Waals surface area contributed by atoms with Gasteiger partial charge in [0.25, 0.3) is 0 Å². The van der Waals surface area contributed by atoms with Gasteiger partial charge < -0.3 is 20.1 Å². The molecule has 0 aromatic rings. The molecule has 0 aliphatic rings. The lowest BCUT2D eigenvalue weighted by Crippen LogP contribution is -2.50. The van der Waals surface area contributed by atoms with Crippen molar-refractivity contribution in [3.63, 3.8) is 0 Å². The predicted molar refractivity (Wildman–Crippen MR) is 68.6 cm³/mol. The van der Waals surface area contributed by atoms with Crippen LogP contribution in [0.15, 0.2) is 0 Å². The smallest absolute Gasteiger partial charge is 0.323 e. The van der Waals surface area contributed by atoms with Crippen LogP contribution >= 0.6 is 0 Å². The van der Waals surface area contributed by atoms with Crippen molar-refractivity contribution in [3.05, 3.63) is 0 Å². The quantitative estimate of drug-likeness (QED) is 0.689. The number of carbonyl (C=O) groups is 2. The number of aliphatic carboxylic acids is 1. The summed E-state index contributed by atoms with van der Waals surface area (Å²) in [6, 6.07) is -0.614. The summed E-state index contributed by atoms with van der Waals surface area (Å²) in [6.45, 7) is 8.16. The number of rotatable bonds is 8. The van der Waals surface area contributed by atoms with E-state index in [1.807, 2.05) is 27.7 Å². The lowest BCUT2D eigenvalue weighted by Gasteiger charge is -2.28. The van der Waals surface area contributed by atoms with Gasteiger partial charge in [0.1, 0.15) is 6.54 Å². The van der Waals surface area contributed by atoms with E-state index in [2.05, 4.69) is 5.32 Å². The molecule has 0 bridgehead atoms. The highest BCUT2D eigenvalue weighted by atomic mass is 16.5. The van der Waals surface area contributed by atoms with Crippen LogP contribution in [0.1, 0.15) is 34.1 Å². The van der Waals surface area contributed by atoms with E-state index >= 15 is 0 Å². The maximum atomic E-state index is 11.9. The number of carbonyl (C=O) groups excluding carboxylic acids is 1. The lowest BCUT2D eigenvalue weighted by atomic mass is 10.2. The van der Waals surface area contributed by atoms with E-state index in [-0.39, 0.29) is 24.7 Å². The second-order valence-electron chi connectivity index (χ2n) is 4.29. The minimum Gasteiger partial charge on any atom is -0.480 e. The number of carboxylic acids is 1. The Bertz CT molecular complexity index is 271. The number of ether oxygens (including phenoxy) is 1. The third-order valence-corrected chi connectivity index (χ3v) is 2.63. The number of urea groups is 1. The Hall–Kier alpha value is -1.30. The molecule has 106 valence electrons. The fraction of sp³-hybridized carbons (Fsp3) is 0.833. The van der Waals surface area contributed by atoms with Crippen molar-refractivity contribution in [2.75, 3.05) is 19.8 Å². The van der Waals surface area contributed by atoms with E-state index in [0.717, 1.165) is 0 Å². The van der Waals surface area contributed by atoms with E-state index in [9.17, 15) is 9.59 Å². The Labute approximate surface area is 108 Å². The standard InChI is InChI=1S/C12H24N2O4/c1-5-10(4)14(7-11(15)16)12(17)13-9(3)8-18-6-2/h9-10H,5-8H2,1-4H3,(H,13,17)(H,15,16). The molecule has 0 saturated heterocycles. The van der Waals surface area contributed by atoms with Crippen LogP contribution in [0.5, 0.6) is 0 Å². The minimum absolute atomic E-state index is 0.111. The van der Waals surface area contributed by atoms with Gasteiger partial charge in [0.2, 0.25) is 0 Å². The fourth-order valence-corrected chi connectivity index (χ4v) is 1.42. The number of carboxylic acid groups (broad SMARTS) is 1. The van der Waals surface area contributed by atoms with Crippen molar-refractivity contribution in [1.82, 2.24) is 10.2 Å². The first-order chi connectivity index (χ1) is 8.42. The van der Waals surface area contributed by atoms with E-state index in [4.69, 9.17) is 9.84 Å². The van der Waals surface area contributed by atoms with Crippen molar-refractivity contribution in [2.24, 2.45) is 0 Å². The molecule has 0 aromatic heterocycles. The van der Waals surface area contributed by atoms with Crippen LogP contribution < -0.4 is 5.32 Å². The predicted octanol–water partition coefficient (Wildman–Crippen LogP) is 1.31. The number of hydrogen-bond acceptors (Lipinski definition) is 3. The molecule has 0 saturated carbocycles. The zero-order chi connectivity index (χ0) is 14.1. The minimum atomic E-state index is -1.01. The highest BCUT2D eigenvalue weighted by molar-refractivity contribution is 5.80. The van der Waals surface area contributed by atoms with Gasteiger partial charge in [-0.05, 0) is 27.2 Å². The van der Waals surface area contributed by atoms with Crippen molar-refractivity contribution in [1.29, 1.82) is 0 Å². The maximum absolute atomic E-state index is 11.9. The average molecular weight is 260 g/mol. The monoisotopic (exact) mass is 260 g/mol. The number of amides is 2. The summed E-state index contributed by atoms with van der Waals surface area (Å²) in [5.74, 6) is -1.01. The average Bonchev–Trinajstić information content (AvgIpc) is 2.32. The molecule has 0 radical (unpaired) electrons. The van der Waals surface area contributed by atoms with Crippen LogP contribution in [0.3, 0.4) is 0 Å². The van der Waals surface area contributed by atoms with Crippen LogP contribution in [0.4, 0.5) is 4.79 Å². The summed E-state index contributed by atoms with van der Waals surface area (Å²) in [4.78, 5) is 24.0. The summed E-state index contributed by atoms with van der Waals surface area (Å²) in [5, 5.41) is 11.5. The van der Waals surface area contributed by atoms with Crippen molar-refractivity contribution >= 4 is 12.0 Å². The first-order valence-electron chi connectivity index (χ1n) is 6.28. The van der Waals surface area contributed by atoms with Gasteiger partial charge in [0.05, 0.1) is 12.6 Å². The highest BCUT2D eigenvalue weighted by Crippen LogP contribution is 2.04. The van der Waals surface area contributed by atoms with Gasteiger partial charge in [-0.25, -0.2) is 4.79 Å². The van der Waals surface area contributed by atoms with E-state index in [1.165, 1.54) is 4.90 Å². The van der Waals surface area contributed by atoms with Crippen LogP contribution in [0, 0.1) is 0 Å². The first-order valence-corrected chi connectivity index (χ1v) is 6.28. The molecule has 0 spiro atoms. The zero-order valence-electron chi connectivity index (χ0n) is 11.6. The normalized spacial score (nSPS) is 13.8. The van der Waals surface area contributed by atoms with E-state index in [0.29, 0.717) is 19.6 Å². The molecule has 2 unspecified atom stereocenters. The van der Waals surface area contributed by atoms with Gasteiger partial charge in [0.15, 0.2) is 0 Å². The largest absolute Gasteiger partial charge is 0.480 e. The summed E-state index contributed by atoms with van der Waals surface area (Å²) < 4.78 is 5.19. The van der Waals surface area contributed by atoms with Gasteiger partial charge in [-0.15, -0.1) is 0 Å². The van der Waals surface area contributed by atoms with Gasteiger partial charge in [-0.2, -0.15) is 0 Å². The molecule has 18 heavy (non-hydrogen) atoms. The third-order valence-electron chi connectivity index (χ3n) is 2.63. The SMILES string of the molecule is CCOCC(C)NC(=O)N(CC(=O)O)C(C)CC. The molecule has 0 heterocycles. The summed E-state index contributed by atoms with van der Waals surface area (Å²) >= 11 is 0. The van der Waals surface area contributed by atoms with Gasteiger partial charge in [0, 0.05) is 12.6 Å². The molecule has 0 rings (SSSR count). The van der Waals surface area contributed by atoms with E-state index in [1.54, 1.807) is 0 Å². The molecule has 6 heteroatoms. The summed E-state index contributed by atoms with van der Waals surface area (Å²) in [7, 11) is 0. The molecule has 0 aliphatic heterocycles. The van der Waals surface area contributed by atoms with E-state index < -0.39 is 5.97 Å². The topological polar surface area (TPSA) is 78.9 Å². The second-order valence-corrected chi connectivity index (χ2v) is 4.29. The fourth-order valence-electron chi connectivity index (χ4n) is 1.42. The van der Waals surface area contributed by atoms with Gasteiger partial charge >= 0.3 is 12.0 Å². The highest BCUT2D eigenvalue weighted by Gasteiger charge is 2.22. The summed E-state index contributed by atoms with van der Waals surface area (Å²) in [5.41, 5.74) is 0. The zero-order valence-corrected chi connectivity index (χ0v) is 11.6. The van der Waals surface area contributed by atoms with Crippen LogP contribution in [0.25, 0.3) is 0 Å². The number of hydrogen-bond donors (Lipinski definition) is 2. The maximum Gasteiger partial charge on any atom is 0.323 e. The molecular weight excluding hydrogens is 236 g/mol. The molecular formula is C12H24N2O4.